The molecule has 2 rings (SSSR count). The van der Waals surface area contributed by atoms with Gasteiger partial charge in [-0.25, -0.2) is 4.79 Å². The van der Waals surface area contributed by atoms with Crippen LogP contribution in [0.3, 0.4) is 0 Å². The van der Waals surface area contributed by atoms with Gasteiger partial charge in [-0.3, -0.25) is 9.80 Å². The number of benzene rings is 1. The van der Waals surface area contributed by atoms with Crippen LogP contribution >= 0.6 is 0 Å². The number of unbranched alkanes of at least 4 members (excludes halogenated alkanes) is 4. The quantitative estimate of drug-likeness (QED) is 0.533. The highest BCUT2D eigenvalue weighted by Gasteiger charge is 2.25. The van der Waals surface area contributed by atoms with Gasteiger partial charge in [-0.15, -0.1) is 0 Å². The molecule has 1 unspecified atom stereocenters. The highest BCUT2D eigenvalue weighted by molar-refractivity contribution is 5.90. The van der Waals surface area contributed by atoms with Gasteiger partial charge in [-0.1, -0.05) is 49.5 Å². The molecule has 1 aliphatic rings. The average molecular weight is 347 g/mol. The summed E-state index contributed by atoms with van der Waals surface area (Å²) in [5, 5.41) is 13.6. The Morgan fingerprint density at radius 1 is 1.12 bits per heavy atom. The molecule has 1 aromatic rings. The zero-order valence-electron chi connectivity index (χ0n) is 14.2. The molecule has 0 fully saturated rings. The van der Waals surface area contributed by atoms with Crippen LogP contribution in [-0.4, -0.2) is 28.0 Å². The van der Waals surface area contributed by atoms with E-state index in [1.165, 1.54) is 11.3 Å². The SMILES string of the molecule is O=C(CCCCCCCC(C(=O)O)N1C=CON1)Nc1ccccc1. The van der Waals surface area contributed by atoms with E-state index in [0.29, 0.717) is 12.8 Å². The molecule has 1 aromatic carbocycles. The smallest absolute Gasteiger partial charge is 0.328 e. The van der Waals surface area contributed by atoms with Crippen LogP contribution in [0.4, 0.5) is 5.69 Å². The van der Waals surface area contributed by atoms with Crippen molar-refractivity contribution in [3.05, 3.63) is 42.8 Å². The molecule has 0 aliphatic carbocycles. The van der Waals surface area contributed by atoms with Gasteiger partial charge in [-0.2, -0.15) is 0 Å². The monoisotopic (exact) mass is 347 g/mol. The van der Waals surface area contributed by atoms with E-state index in [0.717, 1.165) is 37.8 Å². The number of nitrogens with zero attached hydrogens (tertiary/aromatic N) is 1. The van der Waals surface area contributed by atoms with Gasteiger partial charge in [0.1, 0.15) is 12.3 Å². The number of amides is 1. The Hall–Kier alpha value is -2.54. The number of aliphatic carboxylic acids is 1. The van der Waals surface area contributed by atoms with E-state index in [1.54, 1.807) is 6.20 Å². The number of para-hydroxylation sites is 1. The molecule has 0 spiro atoms. The molecule has 25 heavy (non-hydrogen) atoms. The molecule has 0 saturated heterocycles. The largest absolute Gasteiger partial charge is 0.480 e. The van der Waals surface area contributed by atoms with Crippen LogP contribution in [0.25, 0.3) is 0 Å². The number of carbonyl (C=O) groups excluding carboxylic acids is 1. The normalized spacial score (nSPS) is 14.2. The Morgan fingerprint density at radius 3 is 2.52 bits per heavy atom. The Labute approximate surface area is 147 Å². The molecule has 0 saturated carbocycles. The Morgan fingerprint density at radius 2 is 1.84 bits per heavy atom. The molecule has 136 valence electrons. The second kappa shape index (κ2) is 10.4. The maximum absolute atomic E-state index is 11.8. The van der Waals surface area contributed by atoms with Gasteiger partial charge in [0.15, 0.2) is 0 Å². The van der Waals surface area contributed by atoms with Crippen LogP contribution in [0, 0.1) is 0 Å². The first-order chi connectivity index (χ1) is 12.2. The predicted octanol–water partition coefficient (Wildman–Crippen LogP) is 3.03. The van der Waals surface area contributed by atoms with E-state index in [9.17, 15) is 14.7 Å². The third kappa shape index (κ3) is 6.84. The summed E-state index contributed by atoms with van der Waals surface area (Å²) in [7, 11) is 0. The van der Waals surface area contributed by atoms with E-state index in [1.807, 2.05) is 30.3 Å². The highest BCUT2D eigenvalue weighted by atomic mass is 16.7. The van der Waals surface area contributed by atoms with Crippen molar-refractivity contribution >= 4 is 17.6 Å². The summed E-state index contributed by atoms with van der Waals surface area (Å²) in [6.07, 6.45) is 8.60. The van der Waals surface area contributed by atoms with Crippen LogP contribution in [-0.2, 0) is 14.4 Å². The molecule has 1 atom stereocenters. The summed E-state index contributed by atoms with van der Waals surface area (Å²) in [6.45, 7) is 0. The van der Waals surface area contributed by atoms with Crippen molar-refractivity contribution in [2.24, 2.45) is 0 Å². The highest BCUT2D eigenvalue weighted by Crippen LogP contribution is 2.14. The van der Waals surface area contributed by atoms with Crippen LogP contribution in [0.5, 0.6) is 0 Å². The van der Waals surface area contributed by atoms with Crippen molar-refractivity contribution in [3.63, 3.8) is 0 Å². The van der Waals surface area contributed by atoms with Crippen molar-refractivity contribution in [2.45, 2.75) is 51.0 Å². The number of carboxylic acid groups (broad SMARTS) is 1. The zero-order chi connectivity index (χ0) is 17.9. The van der Waals surface area contributed by atoms with Crippen LogP contribution < -0.4 is 10.9 Å². The maximum Gasteiger partial charge on any atom is 0.328 e. The number of hydrazine groups is 1. The molecule has 0 radical (unpaired) electrons. The van der Waals surface area contributed by atoms with Gasteiger partial charge in [0.2, 0.25) is 5.91 Å². The Bertz CT molecular complexity index is 577. The lowest BCUT2D eigenvalue weighted by atomic mass is 10.1. The molecule has 1 aliphatic heterocycles. The number of hydrogen-bond donors (Lipinski definition) is 3. The number of anilines is 1. The molecular formula is C18H25N3O4. The first-order valence-corrected chi connectivity index (χ1v) is 8.61. The van der Waals surface area contributed by atoms with Gasteiger partial charge < -0.3 is 15.3 Å². The topological polar surface area (TPSA) is 90.9 Å². The Kier molecular flexibility index (Phi) is 7.78. The lowest BCUT2D eigenvalue weighted by Crippen LogP contribution is -2.43. The number of hydrogen-bond acceptors (Lipinski definition) is 5. The van der Waals surface area contributed by atoms with Crippen molar-refractivity contribution in [1.82, 2.24) is 10.6 Å². The van der Waals surface area contributed by atoms with Gasteiger partial charge in [0.05, 0.1) is 6.20 Å². The fraction of sp³-hybridized carbons (Fsp3) is 0.444. The van der Waals surface area contributed by atoms with Gasteiger partial charge in [-0.05, 0) is 25.0 Å². The summed E-state index contributed by atoms with van der Waals surface area (Å²) >= 11 is 0. The molecule has 7 heteroatoms. The van der Waals surface area contributed by atoms with Crippen molar-refractivity contribution < 1.29 is 19.5 Å². The number of carboxylic acids is 1. The van der Waals surface area contributed by atoms with Gasteiger partial charge in [0.25, 0.3) is 0 Å². The zero-order valence-corrected chi connectivity index (χ0v) is 14.2. The van der Waals surface area contributed by atoms with Crippen LogP contribution in [0.15, 0.2) is 42.8 Å². The standard InChI is InChI=1S/C18H25N3O4/c22-17(19-15-9-5-4-6-10-15)12-8-3-1-2-7-11-16(18(23)24)21-13-14-25-20-21/h4-6,9-10,13-14,16,20H,1-3,7-8,11-12H2,(H,19,22)(H,23,24). The fourth-order valence-electron chi connectivity index (χ4n) is 2.67. The minimum atomic E-state index is -0.875. The third-order valence-electron chi connectivity index (χ3n) is 4.01. The summed E-state index contributed by atoms with van der Waals surface area (Å²) in [6, 6.07) is 8.79. The minimum Gasteiger partial charge on any atom is -0.480 e. The first-order valence-electron chi connectivity index (χ1n) is 8.61. The number of rotatable bonds is 11. The van der Waals surface area contributed by atoms with Gasteiger partial charge in [0, 0.05) is 12.1 Å². The maximum atomic E-state index is 11.8. The van der Waals surface area contributed by atoms with E-state index in [4.69, 9.17) is 4.84 Å². The predicted molar refractivity (Wildman–Crippen MR) is 94.0 cm³/mol. The molecule has 0 bridgehead atoms. The van der Waals surface area contributed by atoms with E-state index in [2.05, 4.69) is 10.9 Å². The summed E-state index contributed by atoms with van der Waals surface area (Å²) in [4.78, 5) is 27.9. The minimum absolute atomic E-state index is 0.0315. The summed E-state index contributed by atoms with van der Waals surface area (Å²) in [5.74, 6) is -0.843. The second-order valence-electron chi connectivity index (χ2n) is 5.98. The first kappa shape index (κ1) is 18.8. The van der Waals surface area contributed by atoms with Gasteiger partial charge >= 0.3 is 5.97 Å². The molecule has 1 amide bonds. The number of nitrogens with one attached hydrogen (secondary N) is 2. The molecule has 1 heterocycles. The van der Waals surface area contributed by atoms with Crippen LogP contribution in [0.2, 0.25) is 0 Å². The molecule has 3 N–H and O–H groups in total. The lowest BCUT2D eigenvalue weighted by Gasteiger charge is -2.22. The summed E-state index contributed by atoms with van der Waals surface area (Å²) < 4.78 is 0. The Balaban J connectivity index is 1.52. The van der Waals surface area contributed by atoms with E-state index >= 15 is 0 Å². The van der Waals surface area contributed by atoms with Crippen LogP contribution in [0.1, 0.15) is 44.9 Å². The average Bonchev–Trinajstić information content (AvgIpc) is 3.12. The van der Waals surface area contributed by atoms with E-state index < -0.39 is 12.0 Å². The van der Waals surface area contributed by atoms with Crippen molar-refractivity contribution in [2.75, 3.05) is 5.32 Å². The van der Waals surface area contributed by atoms with Crippen molar-refractivity contribution in [3.8, 4) is 0 Å². The summed E-state index contributed by atoms with van der Waals surface area (Å²) in [5.41, 5.74) is 3.35. The third-order valence-corrected chi connectivity index (χ3v) is 4.01. The molecular weight excluding hydrogens is 322 g/mol. The molecule has 0 aromatic heterocycles. The lowest BCUT2D eigenvalue weighted by molar-refractivity contribution is -0.146. The fourth-order valence-corrected chi connectivity index (χ4v) is 2.67. The second-order valence-corrected chi connectivity index (χ2v) is 5.98. The van der Waals surface area contributed by atoms with E-state index in [-0.39, 0.29) is 5.91 Å². The molecule has 7 nitrogen and oxygen atoms in total. The van der Waals surface area contributed by atoms with Crippen molar-refractivity contribution in [1.29, 1.82) is 0 Å². The number of carbonyl (C=O) groups is 2.